The largest absolute Gasteiger partial charge is 0.298 e. The molecule has 2 atom stereocenters. The molecule has 0 fully saturated rings. The van der Waals surface area contributed by atoms with Crippen LogP contribution in [0.25, 0.3) is 0 Å². The molecule has 0 N–H and O–H groups in total. The van der Waals surface area contributed by atoms with E-state index < -0.39 is 11.8 Å². The van der Waals surface area contributed by atoms with Gasteiger partial charge < -0.3 is 0 Å². The van der Waals surface area contributed by atoms with E-state index in [2.05, 4.69) is 0 Å². The van der Waals surface area contributed by atoms with E-state index in [0.29, 0.717) is 18.4 Å². The van der Waals surface area contributed by atoms with Gasteiger partial charge in [-0.1, -0.05) is 32.4 Å². The van der Waals surface area contributed by atoms with Gasteiger partial charge in [0.15, 0.2) is 17.5 Å². The van der Waals surface area contributed by atoms with Gasteiger partial charge in [-0.15, -0.1) is 0 Å². The zero-order valence-electron chi connectivity index (χ0n) is 12.4. The molecule has 1 aromatic carbocycles. The molecule has 3 nitrogen and oxygen atoms in total. The molecular weight excluding hydrogens is 269 g/mol. The summed E-state index contributed by atoms with van der Waals surface area (Å²) in [5.74, 6) is -2.72. The van der Waals surface area contributed by atoms with Gasteiger partial charge in [0.1, 0.15) is 5.82 Å². The molecule has 0 heterocycles. The van der Waals surface area contributed by atoms with Crippen molar-refractivity contribution in [2.75, 3.05) is 0 Å². The van der Waals surface area contributed by atoms with E-state index in [0.717, 1.165) is 6.42 Å². The number of nitrogens with zero attached hydrogens (tertiary/aromatic N) is 1. The van der Waals surface area contributed by atoms with Crippen molar-refractivity contribution in [2.45, 2.75) is 39.5 Å². The Morgan fingerprint density at radius 1 is 1.38 bits per heavy atom. The number of nitriles is 1. The third-order valence-corrected chi connectivity index (χ3v) is 3.43. The van der Waals surface area contributed by atoms with Crippen LogP contribution in [0.15, 0.2) is 24.3 Å². The lowest BCUT2D eigenvalue weighted by atomic mass is 9.86. The number of carbonyl (C=O) groups is 2. The molecule has 21 heavy (non-hydrogen) atoms. The molecule has 0 aliphatic rings. The maximum absolute atomic E-state index is 13.1. The minimum absolute atomic E-state index is 0.257. The van der Waals surface area contributed by atoms with Crippen LogP contribution in [-0.4, -0.2) is 11.6 Å². The van der Waals surface area contributed by atoms with Crippen LogP contribution in [-0.2, 0) is 16.0 Å². The highest BCUT2D eigenvalue weighted by atomic mass is 19.1. The lowest BCUT2D eigenvalue weighted by Crippen LogP contribution is -2.28. The summed E-state index contributed by atoms with van der Waals surface area (Å²) in [6, 6.07) is 7.82. The summed E-state index contributed by atoms with van der Waals surface area (Å²) in [5, 5.41) is 9.07. The van der Waals surface area contributed by atoms with E-state index >= 15 is 0 Å². The number of ketones is 2. The quantitative estimate of drug-likeness (QED) is 0.688. The second-order valence-corrected chi connectivity index (χ2v) is 5.27. The second kappa shape index (κ2) is 8.31. The minimum atomic E-state index is -1.19. The van der Waals surface area contributed by atoms with Crippen molar-refractivity contribution in [3.63, 3.8) is 0 Å². The molecule has 0 aliphatic carbocycles. The van der Waals surface area contributed by atoms with Crippen molar-refractivity contribution >= 4 is 11.6 Å². The molecule has 112 valence electrons. The molecule has 1 rings (SSSR count). The maximum atomic E-state index is 13.1. The average Bonchev–Trinajstić information content (AvgIpc) is 2.45. The molecule has 0 radical (unpaired) electrons. The molecule has 0 aliphatic heterocycles. The Morgan fingerprint density at radius 2 is 2.10 bits per heavy atom. The van der Waals surface area contributed by atoms with Gasteiger partial charge in [-0.25, -0.2) is 4.39 Å². The van der Waals surface area contributed by atoms with Gasteiger partial charge in [0.05, 0.1) is 6.07 Å². The number of hydrogen-bond acceptors (Lipinski definition) is 3. The van der Waals surface area contributed by atoms with Gasteiger partial charge in [-0.05, 0) is 30.5 Å². The number of carbonyl (C=O) groups excluding carboxylic acids is 2. The second-order valence-electron chi connectivity index (χ2n) is 5.27. The normalized spacial score (nSPS) is 13.2. The predicted molar refractivity (Wildman–Crippen MR) is 77.9 cm³/mol. The molecule has 0 aromatic heterocycles. The fourth-order valence-corrected chi connectivity index (χ4v) is 2.19. The first-order chi connectivity index (χ1) is 9.99. The Labute approximate surface area is 124 Å². The summed E-state index contributed by atoms with van der Waals surface area (Å²) in [5.41, 5.74) is 0.688. The van der Waals surface area contributed by atoms with Crippen molar-refractivity contribution in [1.29, 1.82) is 5.26 Å². The highest BCUT2D eigenvalue weighted by Gasteiger charge is 2.29. The third kappa shape index (κ3) is 5.11. The fourth-order valence-electron chi connectivity index (χ4n) is 2.19. The van der Waals surface area contributed by atoms with Gasteiger partial charge in [-0.3, -0.25) is 9.59 Å². The van der Waals surface area contributed by atoms with Gasteiger partial charge >= 0.3 is 0 Å². The number of unbranched alkanes of at least 4 members (excludes halogenated alkanes) is 1. The highest BCUT2D eigenvalue weighted by Crippen LogP contribution is 2.17. The predicted octanol–water partition coefficient (Wildman–Crippen LogP) is 3.47. The third-order valence-electron chi connectivity index (χ3n) is 3.43. The number of rotatable bonds is 8. The van der Waals surface area contributed by atoms with Crippen molar-refractivity contribution in [2.24, 2.45) is 11.8 Å². The Kier molecular flexibility index (Phi) is 6.74. The highest BCUT2D eigenvalue weighted by molar-refractivity contribution is 6.05. The van der Waals surface area contributed by atoms with Crippen LogP contribution in [0.1, 0.15) is 38.7 Å². The number of halogens is 1. The Hall–Kier alpha value is -2.02. The van der Waals surface area contributed by atoms with Crippen LogP contribution in [0.2, 0.25) is 0 Å². The number of hydrogen-bond donors (Lipinski definition) is 0. The van der Waals surface area contributed by atoms with Crippen LogP contribution in [0.4, 0.5) is 4.39 Å². The summed E-state index contributed by atoms with van der Waals surface area (Å²) in [6.07, 6.45) is 2.11. The molecular formula is C17H20FNO2. The average molecular weight is 289 g/mol. The van der Waals surface area contributed by atoms with Crippen LogP contribution in [0.5, 0.6) is 0 Å². The molecule has 0 saturated heterocycles. The first kappa shape index (κ1) is 17.0. The molecule has 0 amide bonds. The van der Waals surface area contributed by atoms with Crippen LogP contribution < -0.4 is 0 Å². The molecule has 2 unspecified atom stereocenters. The summed E-state index contributed by atoms with van der Waals surface area (Å²) < 4.78 is 13.1. The molecule has 4 heteroatoms. The lowest BCUT2D eigenvalue weighted by molar-refractivity contribution is -0.132. The van der Waals surface area contributed by atoms with E-state index in [-0.39, 0.29) is 23.8 Å². The smallest absolute Gasteiger partial charge is 0.163 e. The van der Waals surface area contributed by atoms with E-state index in [4.69, 9.17) is 5.26 Å². The number of Topliss-reactive ketones (excluding diaryl/α,β-unsaturated/α-hetero) is 2. The van der Waals surface area contributed by atoms with E-state index in [1.807, 2.05) is 13.0 Å². The Balaban J connectivity index is 2.71. The molecule has 0 bridgehead atoms. The van der Waals surface area contributed by atoms with Crippen LogP contribution in [0, 0.1) is 29.0 Å². The summed E-state index contributed by atoms with van der Waals surface area (Å²) >= 11 is 0. The van der Waals surface area contributed by atoms with Crippen molar-refractivity contribution < 1.29 is 14.0 Å². The zero-order valence-corrected chi connectivity index (χ0v) is 12.4. The molecule has 0 saturated carbocycles. The zero-order chi connectivity index (χ0) is 15.8. The Morgan fingerprint density at radius 3 is 2.67 bits per heavy atom. The topological polar surface area (TPSA) is 57.9 Å². The Bertz CT molecular complexity index is 548. The summed E-state index contributed by atoms with van der Waals surface area (Å²) in [4.78, 5) is 24.1. The van der Waals surface area contributed by atoms with E-state index in [1.165, 1.54) is 12.1 Å². The SMILES string of the molecule is CCCCC(=O)C(C#N)C(=O)C(C)Cc1cccc(F)c1. The first-order valence-electron chi connectivity index (χ1n) is 7.20. The summed E-state index contributed by atoms with van der Waals surface area (Å²) in [7, 11) is 0. The monoisotopic (exact) mass is 289 g/mol. The summed E-state index contributed by atoms with van der Waals surface area (Å²) in [6.45, 7) is 3.62. The minimum Gasteiger partial charge on any atom is -0.298 e. The number of benzene rings is 1. The van der Waals surface area contributed by atoms with Crippen molar-refractivity contribution in [3.05, 3.63) is 35.6 Å². The standard InChI is InChI=1S/C17H20FNO2/c1-3-4-8-16(20)15(11-19)17(21)12(2)9-13-6-5-7-14(18)10-13/h5-7,10,12,15H,3-4,8-9H2,1-2H3. The van der Waals surface area contributed by atoms with Crippen molar-refractivity contribution in [1.82, 2.24) is 0 Å². The van der Waals surface area contributed by atoms with Gasteiger partial charge in [0.25, 0.3) is 0 Å². The van der Waals surface area contributed by atoms with Crippen LogP contribution in [0.3, 0.4) is 0 Å². The molecule has 0 spiro atoms. The lowest BCUT2D eigenvalue weighted by Gasteiger charge is -2.14. The van der Waals surface area contributed by atoms with Gasteiger partial charge in [-0.2, -0.15) is 5.26 Å². The van der Waals surface area contributed by atoms with Gasteiger partial charge in [0.2, 0.25) is 0 Å². The fraction of sp³-hybridized carbons (Fsp3) is 0.471. The molecule has 1 aromatic rings. The van der Waals surface area contributed by atoms with Gasteiger partial charge in [0, 0.05) is 12.3 Å². The van der Waals surface area contributed by atoms with E-state index in [9.17, 15) is 14.0 Å². The van der Waals surface area contributed by atoms with Crippen LogP contribution >= 0.6 is 0 Å². The first-order valence-corrected chi connectivity index (χ1v) is 7.20. The van der Waals surface area contributed by atoms with E-state index in [1.54, 1.807) is 19.1 Å². The van der Waals surface area contributed by atoms with Crippen molar-refractivity contribution in [3.8, 4) is 6.07 Å². The maximum Gasteiger partial charge on any atom is 0.163 e.